The molecule has 0 amide bonds. The minimum atomic E-state index is -0.0464. The largest absolute Gasteiger partial charge is 0.369 e. The molecule has 1 aliphatic heterocycles. The second kappa shape index (κ2) is 4.79. The van der Waals surface area contributed by atoms with E-state index in [2.05, 4.69) is 6.92 Å². The maximum atomic E-state index is 11.9. The molecule has 2 heteroatoms. The highest BCUT2D eigenvalue weighted by Gasteiger charge is 2.33. The third-order valence-electron chi connectivity index (χ3n) is 3.36. The van der Waals surface area contributed by atoms with Crippen LogP contribution in [0.15, 0.2) is 30.3 Å². The van der Waals surface area contributed by atoms with Crippen LogP contribution in [0.2, 0.25) is 0 Å². The molecule has 1 aromatic rings. The molecule has 0 unspecified atom stereocenters. The van der Waals surface area contributed by atoms with Gasteiger partial charge in [0.1, 0.15) is 5.78 Å². The smallest absolute Gasteiger partial charge is 0.141 e. The van der Waals surface area contributed by atoms with Gasteiger partial charge in [-0.15, -0.1) is 0 Å². The second-order valence-corrected chi connectivity index (χ2v) is 4.44. The van der Waals surface area contributed by atoms with Crippen molar-refractivity contribution in [2.24, 2.45) is 5.92 Å². The van der Waals surface area contributed by atoms with Crippen molar-refractivity contribution in [2.75, 3.05) is 0 Å². The average Bonchev–Trinajstić information content (AvgIpc) is 2.33. The first kappa shape index (κ1) is 11.3. The van der Waals surface area contributed by atoms with Gasteiger partial charge in [0.2, 0.25) is 0 Å². The monoisotopic (exact) mass is 218 g/mol. The Hall–Kier alpha value is -1.15. The molecule has 0 N–H and O–H groups in total. The summed E-state index contributed by atoms with van der Waals surface area (Å²) in [5.41, 5.74) is 1.11. The summed E-state index contributed by atoms with van der Waals surface area (Å²) in [6.07, 6.45) is 1.44. The van der Waals surface area contributed by atoms with E-state index >= 15 is 0 Å². The molecule has 0 aromatic heterocycles. The van der Waals surface area contributed by atoms with Crippen molar-refractivity contribution < 1.29 is 9.53 Å². The highest BCUT2D eigenvalue weighted by molar-refractivity contribution is 5.82. The standard InChI is InChI=1S/C14H18O2/c1-3-13-10(2)12(15)9-14(16-13)11-7-5-4-6-8-11/h4-8,10,13-14H,3,9H2,1-2H3/t10-,13-,14-/m0/s1. The fourth-order valence-corrected chi connectivity index (χ4v) is 2.27. The van der Waals surface area contributed by atoms with Crippen molar-refractivity contribution in [3.63, 3.8) is 0 Å². The summed E-state index contributed by atoms with van der Waals surface area (Å²) in [5, 5.41) is 0. The van der Waals surface area contributed by atoms with Crippen LogP contribution in [-0.2, 0) is 9.53 Å². The van der Waals surface area contributed by atoms with Crippen LogP contribution in [0, 0.1) is 5.92 Å². The second-order valence-electron chi connectivity index (χ2n) is 4.44. The van der Waals surface area contributed by atoms with Gasteiger partial charge in [0, 0.05) is 12.3 Å². The van der Waals surface area contributed by atoms with Crippen molar-refractivity contribution in [1.29, 1.82) is 0 Å². The highest BCUT2D eigenvalue weighted by Crippen LogP contribution is 2.33. The molecule has 2 nitrogen and oxygen atoms in total. The molecule has 0 aliphatic carbocycles. The minimum Gasteiger partial charge on any atom is -0.369 e. The Labute approximate surface area is 96.6 Å². The van der Waals surface area contributed by atoms with Crippen LogP contribution in [-0.4, -0.2) is 11.9 Å². The van der Waals surface area contributed by atoms with Gasteiger partial charge < -0.3 is 4.74 Å². The average molecular weight is 218 g/mol. The van der Waals surface area contributed by atoms with Gasteiger partial charge in [-0.25, -0.2) is 0 Å². The zero-order valence-electron chi connectivity index (χ0n) is 9.85. The zero-order valence-corrected chi connectivity index (χ0v) is 9.85. The van der Waals surface area contributed by atoms with Crippen molar-refractivity contribution >= 4 is 5.78 Å². The fraction of sp³-hybridized carbons (Fsp3) is 0.500. The van der Waals surface area contributed by atoms with Gasteiger partial charge in [0.05, 0.1) is 12.2 Å². The molecule has 0 bridgehead atoms. The molecule has 86 valence electrons. The summed E-state index contributed by atoms with van der Waals surface area (Å²) in [6.45, 7) is 4.04. The van der Waals surface area contributed by atoms with Crippen LogP contribution in [0.1, 0.15) is 38.4 Å². The number of hydrogen-bond donors (Lipinski definition) is 0. The van der Waals surface area contributed by atoms with Crippen LogP contribution in [0.5, 0.6) is 0 Å². The molecule has 1 aromatic carbocycles. The molecule has 0 saturated carbocycles. The van der Waals surface area contributed by atoms with Crippen LogP contribution >= 0.6 is 0 Å². The molecule has 1 heterocycles. The maximum absolute atomic E-state index is 11.9. The zero-order chi connectivity index (χ0) is 11.5. The van der Waals surface area contributed by atoms with E-state index in [0.717, 1.165) is 12.0 Å². The fourth-order valence-electron chi connectivity index (χ4n) is 2.27. The van der Waals surface area contributed by atoms with E-state index in [1.54, 1.807) is 0 Å². The number of carbonyl (C=O) groups is 1. The summed E-state index contributed by atoms with van der Waals surface area (Å²) < 4.78 is 5.98. The summed E-state index contributed by atoms with van der Waals surface area (Å²) in [4.78, 5) is 11.9. The Balaban J connectivity index is 2.16. The first-order valence-corrected chi connectivity index (χ1v) is 5.95. The Bertz CT molecular complexity index is 358. The van der Waals surface area contributed by atoms with Gasteiger partial charge in [0.15, 0.2) is 0 Å². The first-order chi connectivity index (χ1) is 7.72. The first-order valence-electron chi connectivity index (χ1n) is 5.95. The molecule has 0 radical (unpaired) electrons. The van der Waals surface area contributed by atoms with Crippen LogP contribution < -0.4 is 0 Å². The number of Topliss-reactive ketones (excluding diaryl/α,β-unsaturated/α-hetero) is 1. The van der Waals surface area contributed by atoms with Crippen LogP contribution in [0.4, 0.5) is 0 Å². The summed E-state index contributed by atoms with van der Waals surface area (Å²) in [6, 6.07) is 10.0. The van der Waals surface area contributed by atoms with E-state index < -0.39 is 0 Å². The Morgan fingerprint density at radius 3 is 2.62 bits per heavy atom. The Morgan fingerprint density at radius 2 is 2.00 bits per heavy atom. The lowest BCUT2D eigenvalue weighted by molar-refractivity contribution is -0.145. The number of benzene rings is 1. The number of rotatable bonds is 2. The minimum absolute atomic E-state index is 0.0463. The van der Waals surface area contributed by atoms with E-state index in [-0.39, 0.29) is 18.1 Å². The van der Waals surface area contributed by atoms with Gasteiger partial charge in [0.25, 0.3) is 0 Å². The lowest BCUT2D eigenvalue weighted by Gasteiger charge is -2.33. The topological polar surface area (TPSA) is 26.3 Å². The number of carbonyl (C=O) groups excluding carboxylic acids is 1. The number of ketones is 1. The third kappa shape index (κ3) is 2.17. The Morgan fingerprint density at radius 1 is 1.31 bits per heavy atom. The normalized spacial score (nSPS) is 30.4. The summed E-state index contributed by atoms with van der Waals surface area (Å²) in [5.74, 6) is 0.372. The summed E-state index contributed by atoms with van der Waals surface area (Å²) >= 11 is 0. The van der Waals surface area contributed by atoms with Gasteiger partial charge in [-0.05, 0) is 12.0 Å². The van der Waals surface area contributed by atoms with E-state index in [0.29, 0.717) is 12.2 Å². The van der Waals surface area contributed by atoms with Crippen molar-refractivity contribution in [3.8, 4) is 0 Å². The van der Waals surface area contributed by atoms with Crippen LogP contribution in [0.25, 0.3) is 0 Å². The van der Waals surface area contributed by atoms with Gasteiger partial charge in [-0.2, -0.15) is 0 Å². The van der Waals surface area contributed by atoms with E-state index in [1.807, 2.05) is 37.3 Å². The summed E-state index contributed by atoms with van der Waals surface area (Å²) in [7, 11) is 0. The van der Waals surface area contributed by atoms with E-state index in [9.17, 15) is 4.79 Å². The van der Waals surface area contributed by atoms with Gasteiger partial charge >= 0.3 is 0 Å². The predicted molar refractivity (Wildman–Crippen MR) is 63.1 cm³/mol. The van der Waals surface area contributed by atoms with Gasteiger partial charge in [-0.1, -0.05) is 44.2 Å². The molecular weight excluding hydrogens is 200 g/mol. The molecule has 2 rings (SSSR count). The van der Waals surface area contributed by atoms with Crippen molar-refractivity contribution in [2.45, 2.75) is 38.9 Å². The van der Waals surface area contributed by atoms with Gasteiger partial charge in [-0.3, -0.25) is 4.79 Å². The SMILES string of the molecule is CC[C@@H]1O[C@H](c2ccccc2)CC(=O)[C@@H]1C. The lowest BCUT2D eigenvalue weighted by Crippen LogP contribution is -2.36. The number of hydrogen-bond acceptors (Lipinski definition) is 2. The van der Waals surface area contributed by atoms with E-state index in [1.165, 1.54) is 0 Å². The molecule has 1 aliphatic rings. The molecule has 3 atom stereocenters. The molecule has 0 spiro atoms. The lowest BCUT2D eigenvalue weighted by atomic mass is 9.88. The quantitative estimate of drug-likeness (QED) is 0.762. The van der Waals surface area contributed by atoms with Crippen LogP contribution in [0.3, 0.4) is 0 Å². The van der Waals surface area contributed by atoms with Crippen molar-refractivity contribution in [1.82, 2.24) is 0 Å². The molecule has 1 saturated heterocycles. The maximum Gasteiger partial charge on any atom is 0.141 e. The third-order valence-corrected chi connectivity index (χ3v) is 3.36. The molecule has 1 fully saturated rings. The number of ether oxygens (including phenoxy) is 1. The Kier molecular flexibility index (Phi) is 3.39. The highest BCUT2D eigenvalue weighted by atomic mass is 16.5. The van der Waals surface area contributed by atoms with E-state index in [4.69, 9.17) is 4.74 Å². The molecule has 16 heavy (non-hydrogen) atoms. The predicted octanol–water partition coefficient (Wildman–Crippen LogP) is 3.13. The molecular formula is C14H18O2. The van der Waals surface area contributed by atoms with Crippen molar-refractivity contribution in [3.05, 3.63) is 35.9 Å².